The number of carbonyl (C=O) groups is 2. The Morgan fingerprint density at radius 2 is 1.64 bits per heavy atom. The van der Waals surface area contributed by atoms with Crippen molar-refractivity contribution in [2.45, 2.75) is 57.4 Å². The van der Waals surface area contributed by atoms with Crippen LogP contribution in [-0.4, -0.2) is 27.7 Å². The Labute approximate surface area is 212 Å². The number of amides is 1. The largest absolute Gasteiger partial charge is 0.349 e. The van der Waals surface area contributed by atoms with Crippen LogP contribution in [0.2, 0.25) is 0 Å². The molecule has 2 aromatic carbocycles. The van der Waals surface area contributed by atoms with Crippen molar-refractivity contribution in [3.8, 4) is 11.4 Å². The van der Waals surface area contributed by atoms with Crippen LogP contribution in [0.15, 0.2) is 73.3 Å². The number of aromatic amines is 1. The van der Waals surface area contributed by atoms with Gasteiger partial charge in [0, 0.05) is 28.7 Å². The van der Waals surface area contributed by atoms with E-state index in [9.17, 15) is 9.59 Å². The summed E-state index contributed by atoms with van der Waals surface area (Å²) < 4.78 is 0. The zero-order valence-corrected chi connectivity index (χ0v) is 20.7. The number of fused-ring (bicyclic) bond motifs is 1. The van der Waals surface area contributed by atoms with Gasteiger partial charge in [-0.2, -0.15) is 0 Å². The number of ketones is 1. The molecule has 2 aliphatic carbocycles. The molecule has 5 nitrogen and oxygen atoms in total. The Hall–Kier alpha value is -3.73. The molecule has 184 valence electrons. The molecule has 2 aliphatic rings. The lowest BCUT2D eigenvalue weighted by atomic mass is 9.79. The van der Waals surface area contributed by atoms with Crippen LogP contribution in [0.5, 0.6) is 0 Å². The van der Waals surface area contributed by atoms with Crippen molar-refractivity contribution in [2.75, 3.05) is 0 Å². The Bertz CT molecular complexity index is 1350. The van der Waals surface area contributed by atoms with E-state index in [4.69, 9.17) is 4.98 Å². The summed E-state index contributed by atoms with van der Waals surface area (Å²) >= 11 is 0. The maximum absolute atomic E-state index is 13.1. The summed E-state index contributed by atoms with van der Waals surface area (Å²) in [5, 5.41) is 3.14. The third-order valence-electron chi connectivity index (χ3n) is 7.63. The van der Waals surface area contributed by atoms with Crippen LogP contribution in [0, 0.1) is 5.92 Å². The molecular formula is C31H33N3O2. The molecule has 1 unspecified atom stereocenters. The van der Waals surface area contributed by atoms with Crippen molar-refractivity contribution in [3.63, 3.8) is 0 Å². The highest BCUT2D eigenvalue weighted by Gasteiger charge is 2.27. The van der Waals surface area contributed by atoms with E-state index in [-0.39, 0.29) is 23.7 Å². The molecule has 1 amide bonds. The number of nitrogens with zero attached hydrogens (tertiary/aromatic N) is 1. The lowest BCUT2D eigenvalue weighted by molar-refractivity contribution is -0.116. The molecule has 0 bridgehead atoms. The molecule has 1 atom stereocenters. The van der Waals surface area contributed by atoms with Gasteiger partial charge in [0.05, 0.1) is 11.0 Å². The number of carbonyl (C=O) groups excluding carboxylic acids is 2. The Kier molecular flexibility index (Phi) is 6.73. The molecule has 1 aromatic heterocycles. The minimum Gasteiger partial charge on any atom is -0.349 e. The van der Waals surface area contributed by atoms with E-state index in [1.807, 2.05) is 42.5 Å². The molecule has 2 saturated carbocycles. The molecule has 0 aliphatic heterocycles. The van der Waals surface area contributed by atoms with E-state index in [0.29, 0.717) is 11.1 Å². The number of hydrogen-bond donors (Lipinski definition) is 2. The van der Waals surface area contributed by atoms with Crippen molar-refractivity contribution >= 4 is 28.3 Å². The average Bonchev–Trinajstić information content (AvgIpc) is 3.33. The van der Waals surface area contributed by atoms with Crippen molar-refractivity contribution in [2.24, 2.45) is 5.92 Å². The number of hydrogen-bond acceptors (Lipinski definition) is 3. The lowest BCUT2D eigenvalue weighted by Crippen LogP contribution is -2.36. The first kappa shape index (κ1) is 24.0. The van der Waals surface area contributed by atoms with E-state index < -0.39 is 0 Å². The molecule has 0 saturated heterocycles. The smallest absolute Gasteiger partial charge is 0.251 e. The van der Waals surface area contributed by atoms with Gasteiger partial charge in [-0.3, -0.25) is 9.59 Å². The zero-order valence-electron chi connectivity index (χ0n) is 20.7. The van der Waals surface area contributed by atoms with E-state index in [2.05, 4.69) is 30.0 Å². The lowest BCUT2D eigenvalue weighted by Gasteiger charge is -2.24. The van der Waals surface area contributed by atoms with Gasteiger partial charge in [0.15, 0.2) is 5.78 Å². The number of imidazole rings is 1. The predicted octanol–water partition coefficient (Wildman–Crippen LogP) is 6.79. The van der Waals surface area contributed by atoms with Gasteiger partial charge in [-0.25, -0.2) is 4.98 Å². The molecule has 3 aromatic rings. The van der Waals surface area contributed by atoms with E-state index in [1.165, 1.54) is 5.57 Å². The molecule has 0 spiro atoms. The van der Waals surface area contributed by atoms with Crippen LogP contribution in [0.4, 0.5) is 0 Å². The fourth-order valence-corrected chi connectivity index (χ4v) is 5.30. The van der Waals surface area contributed by atoms with Gasteiger partial charge >= 0.3 is 0 Å². The first-order chi connectivity index (χ1) is 17.4. The van der Waals surface area contributed by atoms with Gasteiger partial charge in [-0.05, 0) is 74.8 Å². The highest BCUT2D eigenvalue weighted by atomic mass is 16.1. The number of allylic oxidation sites excluding steroid dienone is 3. The highest BCUT2D eigenvalue weighted by Crippen LogP contribution is 2.33. The van der Waals surface area contributed by atoms with Crippen LogP contribution < -0.4 is 5.32 Å². The third-order valence-corrected chi connectivity index (χ3v) is 7.63. The van der Waals surface area contributed by atoms with Crippen molar-refractivity contribution in [1.82, 2.24) is 15.3 Å². The van der Waals surface area contributed by atoms with Gasteiger partial charge < -0.3 is 10.3 Å². The maximum Gasteiger partial charge on any atom is 0.251 e. The van der Waals surface area contributed by atoms with Crippen LogP contribution in [0.1, 0.15) is 67.3 Å². The number of aromatic nitrogens is 2. The number of rotatable bonds is 6. The molecule has 5 rings (SSSR count). The average molecular weight is 480 g/mol. The monoisotopic (exact) mass is 479 g/mol. The summed E-state index contributed by atoms with van der Waals surface area (Å²) in [5.74, 6) is 0.632. The first-order valence-electron chi connectivity index (χ1n) is 12.9. The fourth-order valence-electron chi connectivity index (χ4n) is 5.30. The summed E-state index contributed by atoms with van der Waals surface area (Å²) in [6, 6.07) is 13.5. The zero-order chi connectivity index (χ0) is 25.2. The Balaban J connectivity index is 1.29. The molecule has 2 N–H and O–H groups in total. The summed E-state index contributed by atoms with van der Waals surface area (Å²) in [4.78, 5) is 33.8. The van der Waals surface area contributed by atoms with E-state index in [1.54, 1.807) is 0 Å². The maximum atomic E-state index is 13.1. The SMILES string of the molecule is C=C1CCC(NC(=O)c2ccc(-c3nc4ccc(C(=C)C(=O)C5CCCCC5=C)cc4[nH]3)cc2)CC1. The number of nitrogens with one attached hydrogen (secondary N) is 2. The summed E-state index contributed by atoms with van der Waals surface area (Å²) in [6.07, 6.45) is 7.82. The molecule has 1 heterocycles. The molecule has 0 radical (unpaired) electrons. The summed E-state index contributed by atoms with van der Waals surface area (Å²) in [7, 11) is 0. The molecule has 36 heavy (non-hydrogen) atoms. The summed E-state index contributed by atoms with van der Waals surface area (Å²) in [5.41, 5.74) is 6.83. The van der Waals surface area contributed by atoms with E-state index >= 15 is 0 Å². The fraction of sp³-hybridized carbons (Fsp3) is 0.323. The quantitative estimate of drug-likeness (QED) is 0.302. The normalized spacial score (nSPS) is 18.8. The molecule has 5 heteroatoms. The van der Waals surface area contributed by atoms with Crippen LogP contribution in [0.25, 0.3) is 28.0 Å². The van der Waals surface area contributed by atoms with Gasteiger partial charge in [0.1, 0.15) is 5.82 Å². The third kappa shape index (κ3) is 4.97. The van der Waals surface area contributed by atoms with Gasteiger partial charge in [0.25, 0.3) is 5.91 Å². The standard InChI is InChI=1S/C31H33N3O2/c1-19-8-15-25(16-9-19)32-31(36)23-12-10-22(11-13-23)30-33-27-17-14-24(18-28(27)34-30)21(3)29(35)26-7-5-4-6-20(26)2/h10-14,17-18,25-26H,1-9,15-16H2,(H,32,36)(H,33,34). The first-order valence-corrected chi connectivity index (χ1v) is 12.9. The minimum absolute atomic E-state index is 0.0443. The van der Waals surface area contributed by atoms with Crippen LogP contribution in [-0.2, 0) is 4.79 Å². The minimum atomic E-state index is -0.118. The number of benzene rings is 2. The van der Waals surface area contributed by atoms with Gasteiger partial charge in [-0.15, -0.1) is 0 Å². The second-order valence-corrected chi connectivity index (χ2v) is 10.2. The van der Waals surface area contributed by atoms with Crippen molar-refractivity contribution in [1.29, 1.82) is 0 Å². The number of Topliss-reactive ketones (excluding diaryl/α,β-unsaturated/α-hetero) is 1. The van der Waals surface area contributed by atoms with Gasteiger partial charge in [0.2, 0.25) is 0 Å². The second-order valence-electron chi connectivity index (χ2n) is 10.2. The van der Waals surface area contributed by atoms with E-state index in [0.717, 1.165) is 84.9 Å². The van der Waals surface area contributed by atoms with Crippen molar-refractivity contribution < 1.29 is 9.59 Å². The second kappa shape index (κ2) is 10.1. The topological polar surface area (TPSA) is 74.8 Å². The van der Waals surface area contributed by atoms with Crippen LogP contribution >= 0.6 is 0 Å². The number of H-pyrrole nitrogens is 1. The highest BCUT2D eigenvalue weighted by molar-refractivity contribution is 6.22. The molecule has 2 fully saturated rings. The van der Waals surface area contributed by atoms with Gasteiger partial charge in [-0.1, -0.05) is 55.5 Å². The Morgan fingerprint density at radius 3 is 2.36 bits per heavy atom. The summed E-state index contributed by atoms with van der Waals surface area (Å²) in [6.45, 7) is 12.3. The van der Waals surface area contributed by atoms with Crippen molar-refractivity contribution in [3.05, 3.63) is 84.5 Å². The molecular weight excluding hydrogens is 446 g/mol. The predicted molar refractivity (Wildman–Crippen MR) is 146 cm³/mol. The van der Waals surface area contributed by atoms with Crippen LogP contribution in [0.3, 0.4) is 0 Å². The Morgan fingerprint density at radius 1 is 0.917 bits per heavy atom.